The Morgan fingerprint density at radius 1 is 1.27 bits per heavy atom. The maximum absolute atomic E-state index is 13.1. The fourth-order valence-electron chi connectivity index (χ4n) is 4.49. The summed E-state index contributed by atoms with van der Waals surface area (Å²) in [5.41, 5.74) is 11.1. The number of carbonyl (C=O) groups is 1. The lowest BCUT2D eigenvalue weighted by Crippen LogP contribution is -2.54. The third-order valence-corrected chi connectivity index (χ3v) is 7.12. The average Bonchev–Trinajstić information content (AvgIpc) is 2.94. The number of aromatic nitrogens is 2. The highest BCUT2D eigenvalue weighted by Gasteiger charge is 2.36. The van der Waals surface area contributed by atoms with Gasteiger partial charge in [0.1, 0.15) is 5.76 Å². The summed E-state index contributed by atoms with van der Waals surface area (Å²) in [6.07, 6.45) is 4.64. The molecule has 2 atom stereocenters. The molecule has 2 unspecified atom stereocenters. The third-order valence-electron chi connectivity index (χ3n) is 6.62. The van der Waals surface area contributed by atoms with Crippen molar-refractivity contribution in [3.8, 4) is 5.88 Å². The van der Waals surface area contributed by atoms with Crippen molar-refractivity contribution < 1.29 is 19.0 Å². The van der Waals surface area contributed by atoms with E-state index in [9.17, 15) is 9.59 Å². The number of piperazine rings is 1. The molecule has 1 aliphatic carbocycles. The highest BCUT2D eigenvalue weighted by Crippen LogP contribution is 2.36. The van der Waals surface area contributed by atoms with E-state index < -0.39 is 5.06 Å². The number of alkyl halides is 1. The summed E-state index contributed by atoms with van der Waals surface area (Å²) in [5, 5.41) is 6.43. The number of hydrogen-bond acceptors (Lipinski definition) is 9. The van der Waals surface area contributed by atoms with Crippen molar-refractivity contribution in [2.75, 3.05) is 51.1 Å². The number of rotatable bonds is 11. The van der Waals surface area contributed by atoms with E-state index in [-0.39, 0.29) is 36.8 Å². The topological polar surface area (TPSA) is 133 Å². The van der Waals surface area contributed by atoms with Crippen LogP contribution in [-0.4, -0.2) is 77.8 Å². The minimum Gasteiger partial charge on any atom is -0.484 e. The number of carbonyl (C=O) groups excluding carboxylic acids is 1. The van der Waals surface area contributed by atoms with Crippen molar-refractivity contribution in [2.24, 2.45) is 0 Å². The normalized spacial score (nSPS) is 21.0. The lowest BCUT2D eigenvalue weighted by Gasteiger charge is -2.35. The second kappa shape index (κ2) is 13.2. The van der Waals surface area contributed by atoms with Crippen molar-refractivity contribution in [1.82, 2.24) is 20.1 Å². The molecular weight excluding hydrogens is 536 g/mol. The van der Waals surface area contributed by atoms with Crippen molar-refractivity contribution in [2.45, 2.75) is 43.9 Å². The number of nitrogens with zero attached hydrogens (tertiary/aromatic N) is 3. The molecule has 1 amide bonds. The molecule has 11 nitrogen and oxygen atoms in total. The van der Waals surface area contributed by atoms with Crippen LogP contribution in [0, 0.1) is 0 Å². The summed E-state index contributed by atoms with van der Waals surface area (Å²) in [7, 11) is 1.49. The van der Waals surface area contributed by atoms with E-state index in [1.165, 1.54) is 19.2 Å². The first-order valence-corrected chi connectivity index (χ1v) is 13.7. The summed E-state index contributed by atoms with van der Waals surface area (Å²) in [4.78, 5) is 28.2. The second-order valence-electron chi connectivity index (χ2n) is 10.1. The molecule has 2 aliphatic rings. The Hall–Kier alpha value is -3.54. The fourth-order valence-corrected chi connectivity index (χ4v) is 4.68. The summed E-state index contributed by atoms with van der Waals surface area (Å²) >= 11 is 6.69. The number of benzene rings is 1. The molecule has 1 aromatic carbocycles. The molecule has 0 spiro atoms. The number of anilines is 1. The van der Waals surface area contributed by atoms with E-state index in [1.807, 2.05) is 44.2 Å². The maximum atomic E-state index is 13.1. The molecule has 40 heavy (non-hydrogen) atoms. The molecule has 1 saturated heterocycles. The Morgan fingerprint density at radius 3 is 2.77 bits per heavy atom. The van der Waals surface area contributed by atoms with Gasteiger partial charge in [0.15, 0.2) is 6.61 Å². The highest BCUT2D eigenvalue weighted by atomic mass is 35.5. The molecule has 2 aromatic rings. The fraction of sp³-hybridized carbons (Fsp3) is 0.464. The zero-order valence-corrected chi connectivity index (χ0v) is 23.8. The summed E-state index contributed by atoms with van der Waals surface area (Å²) in [5.74, 6) is 0.530. The van der Waals surface area contributed by atoms with Crippen molar-refractivity contribution >= 4 is 23.2 Å². The highest BCUT2D eigenvalue weighted by molar-refractivity contribution is 6.24. The summed E-state index contributed by atoms with van der Waals surface area (Å²) in [6.45, 7) is 5.70. The van der Waals surface area contributed by atoms with Crippen LogP contribution < -0.4 is 26.8 Å². The molecule has 12 heteroatoms. The van der Waals surface area contributed by atoms with Crippen molar-refractivity contribution in [3.05, 3.63) is 75.8 Å². The van der Waals surface area contributed by atoms with Gasteiger partial charge in [0.2, 0.25) is 10.9 Å². The second-order valence-corrected chi connectivity index (χ2v) is 10.7. The van der Waals surface area contributed by atoms with Gasteiger partial charge in [-0.2, -0.15) is 0 Å². The van der Waals surface area contributed by atoms with Gasteiger partial charge in [-0.3, -0.25) is 9.59 Å². The number of ether oxygens (including phenoxy) is 3. The maximum Gasteiger partial charge on any atom is 0.286 e. The average molecular weight is 573 g/mol. The lowest BCUT2D eigenvalue weighted by molar-refractivity contribution is -0.136. The van der Waals surface area contributed by atoms with E-state index in [2.05, 4.69) is 15.8 Å². The number of methoxy groups -OCH3 is 1. The largest absolute Gasteiger partial charge is 0.484 e. The van der Waals surface area contributed by atoms with Crippen LogP contribution in [0.25, 0.3) is 0 Å². The smallest absolute Gasteiger partial charge is 0.286 e. The van der Waals surface area contributed by atoms with Gasteiger partial charge in [0.05, 0.1) is 12.6 Å². The summed E-state index contributed by atoms with van der Waals surface area (Å²) in [6, 6.07) is 10.8. The van der Waals surface area contributed by atoms with Gasteiger partial charge in [-0.05, 0) is 49.6 Å². The van der Waals surface area contributed by atoms with Crippen LogP contribution >= 0.6 is 11.6 Å². The molecular formula is C28H37ClN6O5. The first-order chi connectivity index (χ1) is 19.1. The predicted octanol–water partition coefficient (Wildman–Crippen LogP) is 2.01. The van der Waals surface area contributed by atoms with Crippen LogP contribution in [0.1, 0.15) is 25.8 Å². The molecule has 216 valence electrons. The molecule has 0 saturated carbocycles. The molecule has 1 aliphatic heterocycles. The van der Waals surface area contributed by atoms with Crippen LogP contribution in [0.15, 0.2) is 64.7 Å². The van der Waals surface area contributed by atoms with Crippen LogP contribution in [0.4, 0.5) is 5.69 Å². The Morgan fingerprint density at radius 2 is 2.05 bits per heavy atom. The molecule has 4 N–H and O–H groups in total. The molecule has 2 heterocycles. The lowest BCUT2D eigenvalue weighted by atomic mass is 10.0. The molecule has 0 radical (unpaired) electrons. The van der Waals surface area contributed by atoms with Gasteiger partial charge in [-0.15, -0.1) is 9.89 Å². The van der Waals surface area contributed by atoms with E-state index in [1.54, 1.807) is 11.0 Å². The van der Waals surface area contributed by atoms with Crippen molar-refractivity contribution in [1.29, 1.82) is 0 Å². The standard InChI is InChI=1S/C28H37ClN6O5/c1-19(2)40-25-8-9-26(36)35(33-25)32-16-21-10-11-28(29,38-3)24(15-21)39-18-27(37)34-13-12-31-23(17-34)14-20-4-6-22(30)7-5-20/h4-10,15,19,23,31-32H,11-14,16-18,30H2,1-3H3. The third kappa shape index (κ3) is 7.77. The summed E-state index contributed by atoms with van der Waals surface area (Å²) < 4.78 is 17.0. The van der Waals surface area contributed by atoms with Crippen LogP contribution in [-0.2, 0) is 20.7 Å². The van der Waals surface area contributed by atoms with Gasteiger partial charge >= 0.3 is 0 Å². The monoisotopic (exact) mass is 572 g/mol. The minimum absolute atomic E-state index is 0.0773. The number of halogens is 1. The number of amides is 1. The van der Waals surface area contributed by atoms with Gasteiger partial charge in [-0.1, -0.05) is 29.8 Å². The van der Waals surface area contributed by atoms with E-state index in [0.717, 1.165) is 28.0 Å². The Balaban J connectivity index is 1.35. The Bertz CT molecular complexity index is 1290. The van der Waals surface area contributed by atoms with Gasteiger partial charge in [-0.25, -0.2) is 0 Å². The Labute approximate surface area is 238 Å². The molecule has 0 bridgehead atoms. The van der Waals surface area contributed by atoms with Crippen LogP contribution in [0.5, 0.6) is 5.88 Å². The molecule has 1 aromatic heterocycles. The number of nitrogen functional groups attached to an aromatic ring is 1. The van der Waals surface area contributed by atoms with Crippen molar-refractivity contribution in [3.63, 3.8) is 0 Å². The van der Waals surface area contributed by atoms with E-state index >= 15 is 0 Å². The Kier molecular flexibility index (Phi) is 9.72. The van der Waals surface area contributed by atoms with E-state index in [0.29, 0.717) is 37.7 Å². The van der Waals surface area contributed by atoms with Gasteiger partial charge < -0.3 is 35.6 Å². The van der Waals surface area contributed by atoms with Crippen LogP contribution in [0.2, 0.25) is 0 Å². The molecule has 1 fully saturated rings. The quantitative estimate of drug-likeness (QED) is 0.273. The first kappa shape index (κ1) is 29.4. The number of nitrogens with one attached hydrogen (secondary N) is 2. The zero-order chi connectivity index (χ0) is 28.7. The first-order valence-electron chi connectivity index (χ1n) is 13.3. The molecule has 4 rings (SSSR count). The van der Waals surface area contributed by atoms with E-state index in [4.69, 9.17) is 31.5 Å². The van der Waals surface area contributed by atoms with Crippen LogP contribution in [0.3, 0.4) is 0 Å². The zero-order valence-electron chi connectivity index (χ0n) is 23.1. The minimum atomic E-state index is -1.23. The predicted molar refractivity (Wildman–Crippen MR) is 154 cm³/mol. The van der Waals surface area contributed by atoms with Gasteiger partial charge in [0, 0.05) is 57.0 Å². The SMILES string of the molecule is COC1(Cl)CC=C(CNn2nc(OC(C)C)ccc2=O)C=C1OCC(=O)N1CCNC(Cc2ccc(N)cc2)C1. The van der Waals surface area contributed by atoms with Gasteiger partial charge in [0.25, 0.3) is 11.5 Å². The number of nitrogens with two attached hydrogens (primary N) is 1. The number of hydrogen-bond donors (Lipinski definition) is 3.